The minimum Gasteiger partial charge on any atom is -0.380 e. The van der Waals surface area contributed by atoms with Crippen molar-refractivity contribution in [1.29, 1.82) is 0 Å². The van der Waals surface area contributed by atoms with Crippen LogP contribution >= 0.6 is 11.3 Å². The molecule has 2 heterocycles. The normalized spacial score (nSPS) is 10.5. The van der Waals surface area contributed by atoms with Crippen LogP contribution in [0.15, 0.2) is 49.1 Å². The molecule has 3 rings (SSSR count). The molecule has 0 amide bonds. The molecule has 1 aromatic carbocycles. The number of benzene rings is 1. The summed E-state index contributed by atoms with van der Waals surface area (Å²) in [5.74, 6) is 0. The zero-order valence-corrected chi connectivity index (χ0v) is 11.7. The smallest absolute Gasteiger partial charge is 0.324 e. The molecule has 0 unspecified atom stereocenters. The van der Waals surface area contributed by atoms with E-state index >= 15 is 0 Å². The Labute approximate surface area is 124 Å². The fourth-order valence-corrected chi connectivity index (χ4v) is 2.58. The summed E-state index contributed by atoms with van der Waals surface area (Å²) < 4.78 is 1.67. The van der Waals surface area contributed by atoms with Crippen molar-refractivity contribution < 1.29 is 4.92 Å². The summed E-state index contributed by atoms with van der Waals surface area (Å²) in [5, 5.41) is 18.1. The number of aromatic nitrogens is 3. The van der Waals surface area contributed by atoms with Crippen LogP contribution in [-0.4, -0.2) is 19.7 Å². The standard InChI is InChI=1S/C13H11N5O2S/c19-18(20)13-6-5-12(21-13)7-15-10-1-3-11(4-2-10)17-9-14-8-16-17/h1-6,8-9,15H,7H2. The maximum Gasteiger partial charge on any atom is 0.324 e. The number of hydrogen-bond acceptors (Lipinski definition) is 6. The maximum absolute atomic E-state index is 10.6. The van der Waals surface area contributed by atoms with Crippen LogP contribution in [0.25, 0.3) is 5.69 Å². The van der Waals surface area contributed by atoms with Crippen molar-refractivity contribution in [3.8, 4) is 5.69 Å². The van der Waals surface area contributed by atoms with E-state index in [-0.39, 0.29) is 9.92 Å². The first-order valence-corrected chi connectivity index (χ1v) is 6.96. The van der Waals surface area contributed by atoms with Gasteiger partial charge in [-0.3, -0.25) is 10.1 Å². The first-order chi connectivity index (χ1) is 10.2. The van der Waals surface area contributed by atoms with Gasteiger partial charge >= 0.3 is 5.00 Å². The van der Waals surface area contributed by atoms with Crippen LogP contribution < -0.4 is 5.32 Å². The number of nitrogens with zero attached hydrogens (tertiary/aromatic N) is 4. The minimum atomic E-state index is -0.374. The summed E-state index contributed by atoms with van der Waals surface area (Å²) in [6.45, 7) is 0.557. The second-order valence-corrected chi connectivity index (χ2v) is 5.38. The number of thiophene rings is 1. The lowest BCUT2D eigenvalue weighted by Crippen LogP contribution is -1.98. The lowest BCUT2D eigenvalue weighted by Gasteiger charge is -2.06. The van der Waals surface area contributed by atoms with Gasteiger partial charge in [-0.05, 0) is 30.3 Å². The Hall–Kier alpha value is -2.74. The summed E-state index contributed by atoms with van der Waals surface area (Å²) in [5.41, 5.74) is 1.86. The highest BCUT2D eigenvalue weighted by atomic mass is 32.1. The fourth-order valence-electron chi connectivity index (χ4n) is 1.82. The van der Waals surface area contributed by atoms with Gasteiger partial charge in [0.25, 0.3) is 0 Å². The van der Waals surface area contributed by atoms with Gasteiger partial charge in [-0.25, -0.2) is 9.67 Å². The lowest BCUT2D eigenvalue weighted by molar-refractivity contribution is -0.380. The molecule has 0 aliphatic carbocycles. The van der Waals surface area contributed by atoms with Crippen molar-refractivity contribution in [1.82, 2.24) is 14.8 Å². The monoisotopic (exact) mass is 301 g/mol. The van der Waals surface area contributed by atoms with Crippen molar-refractivity contribution in [3.05, 3.63) is 64.0 Å². The summed E-state index contributed by atoms with van der Waals surface area (Å²) in [7, 11) is 0. The molecule has 2 aromatic heterocycles. The third-order valence-electron chi connectivity index (χ3n) is 2.84. The van der Waals surface area contributed by atoms with Crippen molar-refractivity contribution >= 4 is 22.0 Å². The molecule has 0 fully saturated rings. The molecule has 0 aliphatic heterocycles. The van der Waals surface area contributed by atoms with Crippen LogP contribution in [0.2, 0.25) is 0 Å². The molecule has 0 spiro atoms. The highest BCUT2D eigenvalue weighted by Crippen LogP contribution is 2.24. The van der Waals surface area contributed by atoms with Crippen molar-refractivity contribution in [2.45, 2.75) is 6.54 Å². The topological polar surface area (TPSA) is 85.9 Å². The second kappa shape index (κ2) is 5.71. The fraction of sp³-hybridized carbons (Fsp3) is 0.0769. The SMILES string of the molecule is O=[N+]([O-])c1ccc(CNc2ccc(-n3cncn3)cc2)s1. The highest BCUT2D eigenvalue weighted by Gasteiger charge is 2.09. The van der Waals surface area contributed by atoms with Crippen molar-refractivity contribution in [2.75, 3.05) is 5.32 Å². The van der Waals surface area contributed by atoms with E-state index in [1.54, 1.807) is 17.1 Å². The van der Waals surface area contributed by atoms with Gasteiger partial charge in [-0.15, -0.1) is 0 Å². The molecular formula is C13H11N5O2S. The van der Waals surface area contributed by atoms with Crippen LogP contribution in [-0.2, 0) is 6.54 Å². The van der Waals surface area contributed by atoms with Gasteiger partial charge in [-0.2, -0.15) is 5.10 Å². The molecule has 0 aliphatic rings. The summed E-state index contributed by atoms with van der Waals surface area (Å²) in [6.07, 6.45) is 3.11. The average Bonchev–Trinajstić information content (AvgIpc) is 3.17. The van der Waals surface area contributed by atoms with Crippen LogP contribution in [0.5, 0.6) is 0 Å². The average molecular weight is 301 g/mol. The Balaban J connectivity index is 1.64. The Morgan fingerprint density at radius 1 is 1.24 bits per heavy atom. The molecule has 21 heavy (non-hydrogen) atoms. The molecule has 0 saturated carbocycles. The Morgan fingerprint density at radius 3 is 2.67 bits per heavy atom. The zero-order chi connectivity index (χ0) is 14.7. The van der Waals surface area contributed by atoms with E-state index in [1.165, 1.54) is 23.7 Å². The van der Waals surface area contributed by atoms with E-state index in [0.717, 1.165) is 16.3 Å². The first kappa shape index (κ1) is 13.3. The van der Waals surface area contributed by atoms with Crippen LogP contribution in [0.1, 0.15) is 4.88 Å². The predicted molar refractivity (Wildman–Crippen MR) is 79.7 cm³/mol. The molecular weight excluding hydrogens is 290 g/mol. The molecule has 0 saturated heterocycles. The van der Waals surface area contributed by atoms with Gasteiger partial charge in [0.1, 0.15) is 12.7 Å². The molecule has 7 nitrogen and oxygen atoms in total. The molecule has 0 bridgehead atoms. The number of nitrogens with one attached hydrogen (secondary N) is 1. The van der Waals surface area contributed by atoms with E-state index in [1.807, 2.05) is 24.3 Å². The third-order valence-corrected chi connectivity index (χ3v) is 3.88. The van der Waals surface area contributed by atoms with Gasteiger partial charge < -0.3 is 5.32 Å². The van der Waals surface area contributed by atoms with E-state index in [9.17, 15) is 10.1 Å². The first-order valence-electron chi connectivity index (χ1n) is 6.14. The third kappa shape index (κ3) is 3.06. The lowest BCUT2D eigenvalue weighted by atomic mass is 10.3. The zero-order valence-electron chi connectivity index (χ0n) is 10.8. The molecule has 0 radical (unpaired) electrons. The van der Waals surface area contributed by atoms with Gasteiger partial charge in [0.15, 0.2) is 0 Å². The largest absolute Gasteiger partial charge is 0.380 e. The highest BCUT2D eigenvalue weighted by molar-refractivity contribution is 7.15. The van der Waals surface area contributed by atoms with Gasteiger partial charge in [0.2, 0.25) is 0 Å². The Kier molecular flexibility index (Phi) is 3.61. The maximum atomic E-state index is 10.6. The van der Waals surface area contributed by atoms with Gasteiger partial charge in [-0.1, -0.05) is 11.3 Å². The summed E-state index contributed by atoms with van der Waals surface area (Å²) in [4.78, 5) is 15.1. The molecule has 0 atom stereocenters. The van der Waals surface area contributed by atoms with Gasteiger partial charge in [0.05, 0.1) is 10.6 Å². The van der Waals surface area contributed by atoms with Crippen molar-refractivity contribution in [3.63, 3.8) is 0 Å². The van der Waals surface area contributed by atoms with Gasteiger partial charge in [0, 0.05) is 23.2 Å². The molecule has 8 heteroatoms. The predicted octanol–water partition coefficient (Wildman–Crippen LogP) is 2.85. The molecule has 106 valence electrons. The van der Waals surface area contributed by atoms with Crippen LogP contribution in [0.4, 0.5) is 10.7 Å². The van der Waals surface area contributed by atoms with E-state index in [2.05, 4.69) is 15.4 Å². The Bertz CT molecular complexity index is 736. The number of anilines is 1. The molecule has 3 aromatic rings. The number of rotatable bonds is 5. The van der Waals surface area contributed by atoms with E-state index < -0.39 is 0 Å². The van der Waals surface area contributed by atoms with Crippen LogP contribution in [0, 0.1) is 10.1 Å². The summed E-state index contributed by atoms with van der Waals surface area (Å²) in [6, 6.07) is 11.0. The van der Waals surface area contributed by atoms with E-state index in [0.29, 0.717) is 6.54 Å². The summed E-state index contributed by atoms with van der Waals surface area (Å²) >= 11 is 1.18. The minimum absolute atomic E-state index is 0.160. The Morgan fingerprint density at radius 2 is 2.05 bits per heavy atom. The molecule has 1 N–H and O–H groups in total. The second-order valence-electron chi connectivity index (χ2n) is 4.24. The quantitative estimate of drug-likeness (QED) is 0.578. The van der Waals surface area contributed by atoms with E-state index in [4.69, 9.17) is 0 Å². The number of hydrogen-bond donors (Lipinski definition) is 1. The van der Waals surface area contributed by atoms with Crippen LogP contribution in [0.3, 0.4) is 0 Å². The number of nitro groups is 1. The van der Waals surface area contributed by atoms with Crippen molar-refractivity contribution in [2.24, 2.45) is 0 Å².